The Bertz CT molecular complexity index is 672. The smallest absolute Gasteiger partial charge is 0.202 e. The fourth-order valence-electron chi connectivity index (χ4n) is 2.05. The summed E-state index contributed by atoms with van der Waals surface area (Å²) in [5, 5.41) is 11.1. The van der Waals surface area contributed by atoms with Crippen LogP contribution in [0.1, 0.15) is 24.7 Å². The van der Waals surface area contributed by atoms with Crippen molar-refractivity contribution in [3.8, 4) is 11.3 Å². The Hall–Kier alpha value is -2.21. The summed E-state index contributed by atoms with van der Waals surface area (Å²) in [6, 6.07) is 10.4. The molecule has 0 saturated heterocycles. The highest BCUT2D eigenvalue weighted by Crippen LogP contribution is 2.18. The van der Waals surface area contributed by atoms with E-state index in [1.807, 2.05) is 6.07 Å². The van der Waals surface area contributed by atoms with Gasteiger partial charge < -0.3 is 5.32 Å². The Morgan fingerprint density at radius 2 is 2.05 bits per heavy atom. The van der Waals surface area contributed by atoms with Crippen molar-refractivity contribution in [1.82, 2.24) is 19.6 Å². The molecular formula is C15H17N5S. The van der Waals surface area contributed by atoms with E-state index >= 15 is 0 Å². The summed E-state index contributed by atoms with van der Waals surface area (Å²) in [6.07, 6.45) is 3.77. The molecule has 0 aliphatic rings. The number of aromatic nitrogens is 4. The SMILES string of the molecule is CCCc1nsc(NCc2ccc(-c3ccn[nH]3)cc2)n1. The largest absolute Gasteiger partial charge is 0.356 e. The van der Waals surface area contributed by atoms with E-state index in [-0.39, 0.29) is 0 Å². The van der Waals surface area contributed by atoms with Gasteiger partial charge in [-0.15, -0.1) is 0 Å². The molecule has 21 heavy (non-hydrogen) atoms. The molecule has 108 valence electrons. The van der Waals surface area contributed by atoms with Gasteiger partial charge in [-0.3, -0.25) is 5.10 Å². The normalized spacial score (nSPS) is 10.7. The van der Waals surface area contributed by atoms with Crippen LogP contribution < -0.4 is 5.32 Å². The maximum absolute atomic E-state index is 4.46. The highest BCUT2D eigenvalue weighted by molar-refractivity contribution is 7.09. The molecule has 0 radical (unpaired) electrons. The number of rotatable bonds is 6. The Morgan fingerprint density at radius 1 is 1.19 bits per heavy atom. The average molecular weight is 299 g/mol. The lowest BCUT2D eigenvalue weighted by molar-refractivity contribution is 0.861. The van der Waals surface area contributed by atoms with Crippen LogP contribution in [-0.2, 0) is 13.0 Å². The number of nitrogens with one attached hydrogen (secondary N) is 2. The number of aromatic amines is 1. The Kier molecular flexibility index (Phi) is 4.25. The van der Waals surface area contributed by atoms with Gasteiger partial charge in [-0.05, 0) is 23.6 Å². The molecule has 6 heteroatoms. The summed E-state index contributed by atoms with van der Waals surface area (Å²) < 4.78 is 4.32. The number of hydrogen-bond donors (Lipinski definition) is 2. The maximum atomic E-state index is 4.46. The number of H-pyrrole nitrogens is 1. The van der Waals surface area contributed by atoms with Gasteiger partial charge in [0.25, 0.3) is 0 Å². The van der Waals surface area contributed by atoms with E-state index in [0.717, 1.165) is 41.6 Å². The van der Waals surface area contributed by atoms with Crippen molar-refractivity contribution >= 4 is 16.7 Å². The lowest BCUT2D eigenvalue weighted by atomic mass is 10.1. The molecular weight excluding hydrogens is 282 g/mol. The van der Waals surface area contributed by atoms with Crippen LogP contribution in [0.5, 0.6) is 0 Å². The van der Waals surface area contributed by atoms with Crippen LogP contribution >= 0.6 is 11.5 Å². The summed E-state index contributed by atoms with van der Waals surface area (Å²) in [4.78, 5) is 4.46. The molecule has 2 N–H and O–H groups in total. The molecule has 0 spiro atoms. The molecule has 1 aromatic carbocycles. The van der Waals surface area contributed by atoms with E-state index in [9.17, 15) is 0 Å². The van der Waals surface area contributed by atoms with E-state index in [0.29, 0.717) is 0 Å². The van der Waals surface area contributed by atoms with Crippen molar-refractivity contribution in [2.24, 2.45) is 0 Å². The lowest BCUT2D eigenvalue weighted by Gasteiger charge is -2.04. The Labute approximate surface area is 127 Å². The summed E-state index contributed by atoms with van der Waals surface area (Å²) in [6.45, 7) is 2.89. The second-order valence-electron chi connectivity index (χ2n) is 4.79. The van der Waals surface area contributed by atoms with Gasteiger partial charge in [0.15, 0.2) is 0 Å². The van der Waals surface area contributed by atoms with Crippen LogP contribution in [0, 0.1) is 0 Å². The molecule has 0 aliphatic heterocycles. The molecule has 0 bridgehead atoms. The van der Waals surface area contributed by atoms with Gasteiger partial charge >= 0.3 is 0 Å². The van der Waals surface area contributed by atoms with Crippen LogP contribution in [0.15, 0.2) is 36.5 Å². The number of benzene rings is 1. The van der Waals surface area contributed by atoms with Gasteiger partial charge in [-0.25, -0.2) is 4.98 Å². The first-order valence-electron chi connectivity index (χ1n) is 7.00. The Balaban J connectivity index is 1.60. The third-order valence-corrected chi connectivity index (χ3v) is 3.86. The van der Waals surface area contributed by atoms with E-state index < -0.39 is 0 Å². The van der Waals surface area contributed by atoms with Crippen molar-refractivity contribution in [3.05, 3.63) is 47.9 Å². The molecule has 0 fully saturated rings. The van der Waals surface area contributed by atoms with Crippen molar-refractivity contribution in [2.75, 3.05) is 5.32 Å². The third-order valence-electron chi connectivity index (χ3n) is 3.15. The zero-order valence-electron chi connectivity index (χ0n) is 11.8. The van der Waals surface area contributed by atoms with Crippen LogP contribution in [0.4, 0.5) is 5.13 Å². The summed E-state index contributed by atoms with van der Waals surface area (Å²) in [7, 11) is 0. The van der Waals surface area contributed by atoms with Gasteiger partial charge in [0.1, 0.15) is 5.82 Å². The van der Waals surface area contributed by atoms with Crippen LogP contribution in [0.3, 0.4) is 0 Å². The highest BCUT2D eigenvalue weighted by atomic mass is 32.1. The predicted molar refractivity (Wildman–Crippen MR) is 85.3 cm³/mol. The quantitative estimate of drug-likeness (QED) is 0.731. The maximum Gasteiger partial charge on any atom is 0.202 e. The molecule has 0 saturated carbocycles. The standard InChI is InChI=1S/C15H17N5S/c1-2-3-14-18-15(21-20-14)16-10-11-4-6-12(7-5-11)13-8-9-17-19-13/h4-9H,2-3,10H2,1H3,(H,17,19)(H,16,18,20). The topological polar surface area (TPSA) is 66.5 Å². The minimum atomic E-state index is 0.754. The summed E-state index contributed by atoms with van der Waals surface area (Å²) in [5.74, 6) is 0.930. The van der Waals surface area contributed by atoms with Gasteiger partial charge in [0.05, 0.1) is 5.69 Å². The fourth-order valence-corrected chi connectivity index (χ4v) is 2.65. The Morgan fingerprint density at radius 3 is 2.76 bits per heavy atom. The second-order valence-corrected chi connectivity index (χ2v) is 5.54. The molecule has 2 heterocycles. The van der Waals surface area contributed by atoms with Gasteiger partial charge in [0, 0.05) is 30.7 Å². The number of anilines is 1. The van der Waals surface area contributed by atoms with Crippen LogP contribution in [0.2, 0.25) is 0 Å². The molecule has 0 aliphatic carbocycles. The van der Waals surface area contributed by atoms with Gasteiger partial charge in [-0.2, -0.15) is 9.47 Å². The van der Waals surface area contributed by atoms with Crippen LogP contribution in [0.25, 0.3) is 11.3 Å². The zero-order valence-corrected chi connectivity index (χ0v) is 12.7. The van der Waals surface area contributed by atoms with Crippen molar-refractivity contribution < 1.29 is 0 Å². The number of hydrogen-bond acceptors (Lipinski definition) is 5. The van der Waals surface area contributed by atoms with E-state index in [1.54, 1.807) is 6.20 Å². The first-order valence-corrected chi connectivity index (χ1v) is 7.77. The fraction of sp³-hybridized carbons (Fsp3) is 0.267. The first-order chi connectivity index (χ1) is 10.3. The number of nitrogens with zero attached hydrogens (tertiary/aromatic N) is 3. The highest BCUT2D eigenvalue weighted by Gasteiger charge is 2.03. The third kappa shape index (κ3) is 3.46. The minimum Gasteiger partial charge on any atom is -0.356 e. The molecule has 0 amide bonds. The zero-order chi connectivity index (χ0) is 14.5. The second kappa shape index (κ2) is 6.49. The molecule has 0 unspecified atom stereocenters. The molecule has 0 atom stereocenters. The molecule has 2 aromatic heterocycles. The van der Waals surface area contributed by atoms with E-state index in [2.05, 4.69) is 56.1 Å². The first kappa shape index (κ1) is 13.8. The monoisotopic (exact) mass is 299 g/mol. The molecule has 5 nitrogen and oxygen atoms in total. The number of aryl methyl sites for hydroxylation is 1. The molecule has 3 aromatic rings. The van der Waals surface area contributed by atoms with Crippen LogP contribution in [-0.4, -0.2) is 19.6 Å². The van der Waals surface area contributed by atoms with Crippen molar-refractivity contribution in [2.45, 2.75) is 26.3 Å². The van der Waals surface area contributed by atoms with Gasteiger partial charge in [-0.1, -0.05) is 31.2 Å². The lowest BCUT2D eigenvalue weighted by Crippen LogP contribution is -1.99. The van der Waals surface area contributed by atoms with E-state index in [1.165, 1.54) is 17.1 Å². The van der Waals surface area contributed by atoms with Crippen molar-refractivity contribution in [3.63, 3.8) is 0 Å². The predicted octanol–water partition coefficient (Wildman–Crippen LogP) is 3.49. The van der Waals surface area contributed by atoms with Crippen molar-refractivity contribution in [1.29, 1.82) is 0 Å². The summed E-state index contributed by atoms with van der Waals surface area (Å²) in [5.41, 5.74) is 3.38. The average Bonchev–Trinajstić information content (AvgIpc) is 3.18. The molecule has 3 rings (SSSR count). The van der Waals surface area contributed by atoms with E-state index in [4.69, 9.17) is 0 Å². The minimum absolute atomic E-state index is 0.754. The summed E-state index contributed by atoms with van der Waals surface area (Å²) >= 11 is 1.42. The van der Waals surface area contributed by atoms with Gasteiger partial charge in [0.2, 0.25) is 5.13 Å².